The Labute approximate surface area is 132 Å². The highest BCUT2D eigenvalue weighted by Crippen LogP contribution is 2.35. The van der Waals surface area contributed by atoms with Crippen molar-refractivity contribution in [2.24, 2.45) is 0 Å². The van der Waals surface area contributed by atoms with Crippen molar-refractivity contribution in [2.45, 2.75) is 18.9 Å². The maximum absolute atomic E-state index is 12.3. The molecule has 21 heavy (non-hydrogen) atoms. The number of ether oxygens (including phenoxy) is 2. The SMILES string of the molecule is CCC(CO)(CO)NC(=O)c1cc(OC)c(Br)c(OC)c1. The van der Waals surface area contributed by atoms with Gasteiger partial charge in [-0.25, -0.2) is 0 Å². The fourth-order valence-electron chi connectivity index (χ4n) is 1.75. The van der Waals surface area contributed by atoms with Gasteiger partial charge in [0.15, 0.2) is 0 Å². The van der Waals surface area contributed by atoms with E-state index in [1.165, 1.54) is 14.2 Å². The van der Waals surface area contributed by atoms with Crippen molar-refractivity contribution in [3.63, 3.8) is 0 Å². The van der Waals surface area contributed by atoms with Crippen molar-refractivity contribution >= 4 is 21.8 Å². The molecule has 0 spiro atoms. The molecule has 0 aromatic heterocycles. The van der Waals surface area contributed by atoms with Crippen LogP contribution in [0.2, 0.25) is 0 Å². The summed E-state index contributed by atoms with van der Waals surface area (Å²) in [4.78, 5) is 12.3. The van der Waals surface area contributed by atoms with Gasteiger partial charge in [0, 0.05) is 5.56 Å². The Morgan fingerprint density at radius 2 is 1.71 bits per heavy atom. The van der Waals surface area contributed by atoms with E-state index in [1.54, 1.807) is 19.1 Å². The molecule has 0 atom stereocenters. The zero-order chi connectivity index (χ0) is 16.0. The van der Waals surface area contributed by atoms with Gasteiger partial charge < -0.3 is 25.0 Å². The van der Waals surface area contributed by atoms with Gasteiger partial charge in [-0.2, -0.15) is 0 Å². The first-order valence-electron chi connectivity index (χ1n) is 6.42. The van der Waals surface area contributed by atoms with Crippen LogP contribution in [0.1, 0.15) is 23.7 Å². The van der Waals surface area contributed by atoms with Gasteiger partial charge in [-0.3, -0.25) is 4.79 Å². The summed E-state index contributed by atoms with van der Waals surface area (Å²) in [5, 5.41) is 21.4. The van der Waals surface area contributed by atoms with E-state index in [0.717, 1.165) is 0 Å². The van der Waals surface area contributed by atoms with Crippen molar-refractivity contribution in [3.05, 3.63) is 22.2 Å². The summed E-state index contributed by atoms with van der Waals surface area (Å²) in [7, 11) is 2.97. The third kappa shape index (κ3) is 3.87. The molecule has 0 aliphatic heterocycles. The smallest absolute Gasteiger partial charge is 0.252 e. The van der Waals surface area contributed by atoms with Gasteiger partial charge in [-0.1, -0.05) is 6.92 Å². The molecule has 7 heteroatoms. The molecule has 0 saturated heterocycles. The van der Waals surface area contributed by atoms with Crippen LogP contribution < -0.4 is 14.8 Å². The minimum atomic E-state index is -1.05. The van der Waals surface area contributed by atoms with E-state index in [4.69, 9.17) is 9.47 Å². The van der Waals surface area contributed by atoms with E-state index in [1.807, 2.05) is 0 Å². The summed E-state index contributed by atoms with van der Waals surface area (Å²) in [5.41, 5.74) is -0.739. The van der Waals surface area contributed by atoms with Crippen LogP contribution in [-0.2, 0) is 0 Å². The van der Waals surface area contributed by atoms with Crippen molar-refractivity contribution < 1.29 is 24.5 Å². The molecule has 3 N–H and O–H groups in total. The number of carbonyl (C=O) groups is 1. The second-order valence-electron chi connectivity index (χ2n) is 4.60. The Kier molecular flexibility index (Phi) is 6.44. The average Bonchev–Trinajstić information content (AvgIpc) is 2.52. The normalized spacial score (nSPS) is 11.1. The van der Waals surface area contributed by atoms with Crippen LogP contribution in [0.15, 0.2) is 16.6 Å². The molecule has 1 aromatic carbocycles. The predicted molar refractivity (Wildman–Crippen MR) is 81.9 cm³/mol. The summed E-state index contributed by atoms with van der Waals surface area (Å²) in [6, 6.07) is 3.11. The summed E-state index contributed by atoms with van der Waals surface area (Å²) < 4.78 is 11.0. The lowest BCUT2D eigenvalue weighted by molar-refractivity contribution is 0.0652. The third-order valence-corrected chi connectivity index (χ3v) is 4.15. The molecule has 118 valence electrons. The van der Waals surface area contributed by atoms with Gasteiger partial charge in [0.25, 0.3) is 5.91 Å². The first kappa shape index (κ1) is 17.7. The number of aliphatic hydroxyl groups excluding tert-OH is 2. The molecule has 0 aliphatic rings. The van der Waals surface area contributed by atoms with Gasteiger partial charge in [0.1, 0.15) is 16.0 Å². The number of benzene rings is 1. The van der Waals surface area contributed by atoms with E-state index < -0.39 is 11.4 Å². The zero-order valence-electron chi connectivity index (χ0n) is 12.3. The molecule has 1 aromatic rings. The lowest BCUT2D eigenvalue weighted by Crippen LogP contribution is -2.53. The van der Waals surface area contributed by atoms with E-state index in [2.05, 4.69) is 21.2 Å². The lowest BCUT2D eigenvalue weighted by Gasteiger charge is -2.29. The Balaban J connectivity index is 3.13. The Bertz CT molecular complexity index is 469. The third-order valence-electron chi connectivity index (χ3n) is 3.37. The lowest BCUT2D eigenvalue weighted by atomic mass is 9.97. The first-order valence-corrected chi connectivity index (χ1v) is 7.22. The molecular formula is C14H20BrNO5. The highest BCUT2D eigenvalue weighted by Gasteiger charge is 2.29. The number of nitrogens with one attached hydrogen (secondary N) is 1. The van der Waals surface area contributed by atoms with Gasteiger partial charge in [-0.05, 0) is 34.5 Å². The zero-order valence-corrected chi connectivity index (χ0v) is 13.9. The molecule has 6 nitrogen and oxygen atoms in total. The average molecular weight is 362 g/mol. The van der Waals surface area contributed by atoms with Gasteiger partial charge >= 0.3 is 0 Å². The van der Waals surface area contributed by atoms with Crippen molar-refractivity contribution in [1.82, 2.24) is 5.32 Å². The number of halogens is 1. The minimum absolute atomic E-state index is 0.312. The number of amides is 1. The van der Waals surface area contributed by atoms with Crippen LogP contribution in [0, 0.1) is 0 Å². The van der Waals surface area contributed by atoms with Crippen molar-refractivity contribution in [2.75, 3.05) is 27.4 Å². The van der Waals surface area contributed by atoms with Gasteiger partial charge in [0.2, 0.25) is 0 Å². The molecule has 0 heterocycles. The van der Waals surface area contributed by atoms with Crippen LogP contribution in [0.25, 0.3) is 0 Å². The molecule has 0 aliphatic carbocycles. The van der Waals surface area contributed by atoms with Crippen molar-refractivity contribution in [3.8, 4) is 11.5 Å². The number of rotatable bonds is 7. The molecule has 0 fully saturated rings. The van der Waals surface area contributed by atoms with Crippen LogP contribution in [0.4, 0.5) is 0 Å². The topological polar surface area (TPSA) is 88.0 Å². The van der Waals surface area contributed by atoms with E-state index in [-0.39, 0.29) is 13.2 Å². The maximum atomic E-state index is 12.3. The molecule has 0 bridgehead atoms. The Morgan fingerprint density at radius 3 is 2.05 bits per heavy atom. The summed E-state index contributed by atoms with van der Waals surface area (Å²) in [6.07, 6.45) is 0.399. The highest BCUT2D eigenvalue weighted by atomic mass is 79.9. The van der Waals surface area contributed by atoms with Gasteiger partial charge in [0.05, 0.1) is 33.0 Å². The first-order chi connectivity index (χ1) is 9.96. The quantitative estimate of drug-likeness (QED) is 0.681. The van der Waals surface area contributed by atoms with Crippen LogP contribution >= 0.6 is 15.9 Å². The molecule has 0 unspecified atom stereocenters. The fourth-order valence-corrected chi connectivity index (χ4v) is 2.31. The largest absolute Gasteiger partial charge is 0.495 e. The molecule has 0 radical (unpaired) electrons. The van der Waals surface area contributed by atoms with Crippen LogP contribution in [0.3, 0.4) is 0 Å². The standard InChI is InChI=1S/C14H20BrNO5/c1-4-14(7-17,8-18)16-13(19)9-5-10(20-2)12(15)11(6-9)21-3/h5-6,17-18H,4,7-8H2,1-3H3,(H,16,19). The number of hydrogen-bond acceptors (Lipinski definition) is 5. The van der Waals surface area contributed by atoms with Crippen molar-refractivity contribution in [1.29, 1.82) is 0 Å². The number of methoxy groups -OCH3 is 2. The monoisotopic (exact) mass is 361 g/mol. The van der Waals surface area contributed by atoms with Crippen LogP contribution in [0.5, 0.6) is 11.5 Å². The molecular weight excluding hydrogens is 342 g/mol. The van der Waals surface area contributed by atoms with Crippen LogP contribution in [-0.4, -0.2) is 49.1 Å². The number of hydrogen-bond donors (Lipinski definition) is 3. The summed E-state index contributed by atoms with van der Waals surface area (Å²) in [5.74, 6) is 0.480. The summed E-state index contributed by atoms with van der Waals surface area (Å²) in [6.45, 7) is 1.07. The molecule has 1 rings (SSSR count). The summed E-state index contributed by atoms with van der Waals surface area (Å²) >= 11 is 3.33. The van der Waals surface area contributed by atoms with Gasteiger partial charge in [-0.15, -0.1) is 0 Å². The fraction of sp³-hybridized carbons (Fsp3) is 0.500. The van der Waals surface area contributed by atoms with E-state index >= 15 is 0 Å². The second kappa shape index (κ2) is 7.63. The molecule has 1 amide bonds. The maximum Gasteiger partial charge on any atom is 0.252 e. The number of carbonyl (C=O) groups excluding carboxylic acids is 1. The minimum Gasteiger partial charge on any atom is -0.495 e. The Hall–Kier alpha value is -1.31. The Morgan fingerprint density at radius 1 is 1.24 bits per heavy atom. The number of aliphatic hydroxyl groups is 2. The van der Waals surface area contributed by atoms with E-state index in [0.29, 0.717) is 28.0 Å². The van der Waals surface area contributed by atoms with E-state index in [9.17, 15) is 15.0 Å². The predicted octanol–water partition coefficient (Wildman–Crippen LogP) is 1.33. The molecule has 0 saturated carbocycles. The second-order valence-corrected chi connectivity index (χ2v) is 5.39. The highest BCUT2D eigenvalue weighted by molar-refractivity contribution is 9.10.